The van der Waals surface area contributed by atoms with Crippen LogP contribution < -0.4 is 20.1 Å². The Kier molecular flexibility index (Phi) is 10.5. The van der Waals surface area contributed by atoms with Crippen molar-refractivity contribution >= 4 is 40.1 Å². The lowest BCUT2D eigenvalue weighted by Crippen LogP contribution is -2.59. The minimum absolute atomic E-state index is 0.0947. The summed E-state index contributed by atoms with van der Waals surface area (Å²) in [6.45, 7) is 5.62. The van der Waals surface area contributed by atoms with Gasteiger partial charge in [-0.3, -0.25) is 19.3 Å². The number of rotatable bonds is 6. The third-order valence-corrected chi connectivity index (χ3v) is 11.3. The number of fused-ring (bicyclic) bond motifs is 3. The van der Waals surface area contributed by atoms with Crippen LogP contribution in [0.1, 0.15) is 89.7 Å². The van der Waals surface area contributed by atoms with E-state index in [4.69, 9.17) is 9.47 Å². The molecule has 0 bridgehead atoms. The molecule has 0 aromatic heterocycles. The average Bonchev–Trinajstić information content (AvgIpc) is 3.88. The molecule has 17 heteroatoms. The van der Waals surface area contributed by atoms with Gasteiger partial charge in [-0.15, -0.1) is 0 Å². The van der Waals surface area contributed by atoms with Crippen molar-refractivity contribution in [3.8, 4) is 6.07 Å². The lowest BCUT2D eigenvalue weighted by Gasteiger charge is -2.30. The zero-order valence-corrected chi connectivity index (χ0v) is 31.0. The van der Waals surface area contributed by atoms with E-state index in [0.29, 0.717) is 45.2 Å². The standard InChI is InChI=1S/C36H47N7O9S/c1-34(2,3)52-32(47)38-27-14-8-6-4-5-7-13-25-18-36(25,31(46)40-53(49,50)41-35(22-37)15-16-35)39-29(44)28-17-26(21-43(28)30(27)45)51-33(48)42-19-23-11-9-10-12-24(23)20-42/h7,9-13,25-28,41H,4-6,8,14-21H2,1-3H3,(H,38,47)(H,39,44)(H,40,46)/b13-7+/t25-,26-,27+,28+,36-/m1/s1. The van der Waals surface area contributed by atoms with Gasteiger partial charge in [0.1, 0.15) is 34.9 Å². The molecule has 6 rings (SSSR count). The third-order valence-electron chi connectivity index (χ3n) is 10.2. The van der Waals surface area contributed by atoms with E-state index in [1.807, 2.05) is 41.1 Å². The highest BCUT2D eigenvalue weighted by molar-refractivity contribution is 7.88. The molecule has 5 amide bonds. The summed E-state index contributed by atoms with van der Waals surface area (Å²) in [5, 5.41) is 14.8. The first-order chi connectivity index (χ1) is 25.0. The molecule has 3 heterocycles. The lowest BCUT2D eigenvalue weighted by atomic mass is 10.0. The second-order valence-corrected chi connectivity index (χ2v) is 17.1. The number of nitrogens with one attached hydrogen (secondary N) is 4. The number of carbonyl (C=O) groups is 5. The van der Waals surface area contributed by atoms with E-state index in [1.54, 1.807) is 26.8 Å². The Balaban J connectivity index is 1.25. The molecule has 5 aliphatic rings. The van der Waals surface area contributed by atoms with Gasteiger partial charge >= 0.3 is 22.4 Å². The van der Waals surface area contributed by atoms with E-state index in [-0.39, 0.29) is 25.8 Å². The Morgan fingerprint density at radius 1 is 1.06 bits per heavy atom. The van der Waals surface area contributed by atoms with Crippen LogP contribution >= 0.6 is 0 Å². The largest absolute Gasteiger partial charge is 0.444 e. The Morgan fingerprint density at radius 2 is 1.75 bits per heavy atom. The van der Waals surface area contributed by atoms with E-state index in [0.717, 1.165) is 17.5 Å². The van der Waals surface area contributed by atoms with Crippen LogP contribution in [0.5, 0.6) is 0 Å². The van der Waals surface area contributed by atoms with Crippen LogP contribution in [0.25, 0.3) is 0 Å². The number of benzene rings is 1. The second kappa shape index (κ2) is 14.6. The number of hydrogen-bond donors (Lipinski definition) is 4. The highest BCUT2D eigenvalue weighted by Gasteiger charge is 2.62. The van der Waals surface area contributed by atoms with Gasteiger partial charge in [-0.05, 0) is 70.4 Å². The van der Waals surface area contributed by atoms with Crippen LogP contribution in [0.2, 0.25) is 0 Å². The van der Waals surface area contributed by atoms with Gasteiger partial charge in [-0.2, -0.15) is 18.4 Å². The van der Waals surface area contributed by atoms with Crippen molar-refractivity contribution in [2.75, 3.05) is 6.54 Å². The van der Waals surface area contributed by atoms with Crippen LogP contribution in [0.4, 0.5) is 9.59 Å². The quantitative estimate of drug-likeness (QED) is 0.311. The van der Waals surface area contributed by atoms with Gasteiger partial charge in [0.25, 0.3) is 5.91 Å². The normalized spacial score (nSPS) is 28.7. The number of alkyl carbamates (subject to hydrolysis) is 1. The predicted molar refractivity (Wildman–Crippen MR) is 188 cm³/mol. The van der Waals surface area contributed by atoms with Crippen LogP contribution in [0.3, 0.4) is 0 Å². The maximum atomic E-state index is 14.3. The summed E-state index contributed by atoms with van der Waals surface area (Å²) in [5.74, 6) is -2.86. The molecule has 2 saturated carbocycles. The minimum atomic E-state index is -4.47. The minimum Gasteiger partial charge on any atom is -0.444 e. The number of carbonyl (C=O) groups excluding carboxylic acids is 5. The summed E-state index contributed by atoms with van der Waals surface area (Å²) in [5.41, 5.74) is -1.80. The lowest BCUT2D eigenvalue weighted by molar-refractivity contribution is -0.141. The van der Waals surface area contributed by atoms with Crippen molar-refractivity contribution in [1.29, 1.82) is 5.26 Å². The average molecular weight is 754 g/mol. The third kappa shape index (κ3) is 8.93. The molecule has 1 aromatic rings. The van der Waals surface area contributed by atoms with Crippen LogP contribution in [-0.4, -0.2) is 89.5 Å². The highest BCUT2D eigenvalue weighted by Crippen LogP contribution is 2.46. The highest BCUT2D eigenvalue weighted by atomic mass is 32.2. The van der Waals surface area contributed by atoms with E-state index in [9.17, 15) is 37.7 Å². The Bertz CT molecular complexity index is 1810. The molecule has 5 atom stereocenters. The second-order valence-electron chi connectivity index (χ2n) is 15.6. The number of ether oxygens (including phenoxy) is 2. The maximum absolute atomic E-state index is 14.3. The van der Waals surface area contributed by atoms with Gasteiger partial charge in [0.05, 0.1) is 12.6 Å². The van der Waals surface area contributed by atoms with Gasteiger partial charge in [-0.25, -0.2) is 14.3 Å². The fraction of sp³-hybridized carbons (Fsp3) is 0.611. The van der Waals surface area contributed by atoms with Crippen LogP contribution in [0.15, 0.2) is 36.4 Å². The Morgan fingerprint density at radius 3 is 2.40 bits per heavy atom. The number of allylic oxidation sites excluding steroid dienone is 1. The summed E-state index contributed by atoms with van der Waals surface area (Å²) in [4.78, 5) is 71.4. The number of nitriles is 1. The molecule has 1 saturated heterocycles. The summed E-state index contributed by atoms with van der Waals surface area (Å²) in [7, 11) is -4.47. The summed E-state index contributed by atoms with van der Waals surface area (Å²) in [6.07, 6.45) is 4.84. The van der Waals surface area contributed by atoms with Gasteiger partial charge in [0, 0.05) is 25.4 Å². The van der Waals surface area contributed by atoms with Crippen molar-refractivity contribution in [3.05, 3.63) is 47.5 Å². The summed E-state index contributed by atoms with van der Waals surface area (Å²) in [6, 6.07) is 7.24. The number of amides is 5. The Hall–Kier alpha value is -4.69. The molecule has 286 valence electrons. The first-order valence-electron chi connectivity index (χ1n) is 18.1. The molecule has 53 heavy (non-hydrogen) atoms. The molecule has 0 radical (unpaired) electrons. The van der Waals surface area contributed by atoms with Gasteiger partial charge in [-0.1, -0.05) is 49.3 Å². The van der Waals surface area contributed by atoms with Crippen molar-refractivity contribution in [2.45, 2.75) is 127 Å². The molecule has 0 spiro atoms. The van der Waals surface area contributed by atoms with E-state index >= 15 is 0 Å². The fourth-order valence-corrected chi connectivity index (χ4v) is 8.39. The molecule has 16 nitrogen and oxygen atoms in total. The van der Waals surface area contributed by atoms with Crippen LogP contribution in [-0.2, 0) is 47.2 Å². The van der Waals surface area contributed by atoms with Crippen molar-refractivity contribution in [1.82, 2.24) is 29.9 Å². The van der Waals surface area contributed by atoms with E-state index < -0.39 is 80.9 Å². The smallest absolute Gasteiger partial charge is 0.410 e. The zero-order chi connectivity index (χ0) is 38.2. The van der Waals surface area contributed by atoms with Gasteiger partial charge < -0.3 is 25.0 Å². The predicted octanol–water partition coefficient (Wildman–Crippen LogP) is 2.40. The van der Waals surface area contributed by atoms with Crippen molar-refractivity contribution in [2.24, 2.45) is 5.92 Å². The summed E-state index contributed by atoms with van der Waals surface area (Å²) >= 11 is 0. The topological polar surface area (TPSA) is 216 Å². The molecular formula is C36H47N7O9S. The number of nitrogens with zero attached hydrogens (tertiary/aromatic N) is 3. The molecule has 4 N–H and O–H groups in total. The Labute approximate surface area is 309 Å². The maximum Gasteiger partial charge on any atom is 0.410 e. The van der Waals surface area contributed by atoms with Gasteiger partial charge in [0.15, 0.2) is 0 Å². The summed E-state index contributed by atoms with van der Waals surface area (Å²) < 4.78 is 41.4. The monoisotopic (exact) mass is 753 g/mol. The fourth-order valence-electron chi connectivity index (χ4n) is 7.15. The van der Waals surface area contributed by atoms with Crippen molar-refractivity contribution in [3.63, 3.8) is 0 Å². The molecular weight excluding hydrogens is 707 g/mol. The molecule has 2 aliphatic carbocycles. The SMILES string of the molecule is CC(C)(C)OC(=O)N[C@H]1CCCCC/C=C/[C@@H]2C[C@@]2(C(=O)NS(=O)(=O)NC2(C#N)CC2)NC(=O)[C@@H]2C[C@@H](OC(=O)N3Cc4ccccc4C3)CN2C1=O. The number of hydrogen-bond acceptors (Lipinski definition) is 10. The molecule has 0 unspecified atom stereocenters. The zero-order valence-electron chi connectivity index (χ0n) is 30.2. The van der Waals surface area contributed by atoms with E-state index in [2.05, 4.69) is 15.4 Å². The van der Waals surface area contributed by atoms with E-state index in [1.165, 1.54) is 9.80 Å². The van der Waals surface area contributed by atoms with Gasteiger partial charge in [0.2, 0.25) is 11.8 Å². The molecule has 3 fully saturated rings. The first-order valence-corrected chi connectivity index (χ1v) is 19.6. The van der Waals surface area contributed by atoms with Crippen molar-refractivity contribution < 1.29 is 41.9 Å². The molecule has 1 aromatic carbocycles. The molecule has 3 aliphatic heterocycles. The van der Waals surface area contributed by atoms with Crippen LogP contribution in [0, 0.1) is 17.2 Å². The first kappa shape index (κ1) is 38.0.